The molecule has 0 aliphatic carbocycles. The fourth-order valence-electron chi connectivity index (χ4n) is 0. The molecule has 0 radical (unpaired) electrons. The minimum Gasteiger partial charge on any atom is -1.00 e. The maximum atomic E-state index is 9.00. The van der Waals surface area contributed by atoms with E-state index >= 15 is 0 Å². The van der Waals surface area contributed by atoms with Crippen LogP contribution in [-0.4, -0.2) is 168 Å². The molecule has 0 heterocycles. The van der Waals surface area contributed by atoms with Crippen LogP contribution < -0.4 is 318 Å². The predicted octanol–water partition coefficient (Wildman–Crippen LogP) is -45.7. The summed E-state index contributed by atoms with van der Waals surface area (Å²) in [7, 11) is 0. The summed E-state index contributed by atoms with van der Waals surface area (Å²) >= 11 is 0. The zero-order valence-electron chi connectivity index (χ0n) is 42.3. The number of carbonyl (C=O) groups is 18. The summed E-state index contributed by atoms with van der Waals surface area (Å²) in [4.78, 5) is 162. The predicted molar refractivity (Wildman–Crippen MR) is 265 cm³/mol. The zero-order valence-corrected chi connectivity index (χ0v) is 56.3. The quantitative estimate of drug-likeness (QED) is 0.100. The normalized spacial score (nSPS) is 5.14. The van der Waals surface area contributed by atoms with Gasteiger partial charge in [-0.2, -0.15) is 0 Å². The molecule has 0 aromatic heterocycles. The first-order valence-electron chi connectivity index (χ1n) is 14.1. The molecule has 0 aromatic carbocycles. The monoisotopic (exact) mass is 1600 g/mol. The summed E-state index contributed by atoms with van der Waals surface area (Å²) in [5.41, 5.74) is 153. The molecular formula is C18H72Cl9Ga3N36O18. The van der Waals surface area contributed by atoms with Gasteiger partial charge in [-0.15, -0.1) is 0 Å². The summed E-state index contributed by atoms with van der Waals surface area (Å²) in [6.45, 7) is 0. The molecule has 72 N–H and O–H groups in total. The van der Waals surface area contributed by atoms with Gasteiger partial charge in [-0.05, 0) is 0 Å². The van der Waals surface area contributed by atoms with Crippen LogP contribution in [0.25, 0.3) is 0 Å². The molecule has 84 heavy (non-hydrogen) atoms. The van der Waals surface area contributed by atoms with E-state index in [9.17, 15) is 0 Å². The maximum Gasteiger partial charge on any atom is 3.00 e. The molecule has 0 unspecified atom stereocenters. The molecular weight excluding hydrogens is 1540 g/mol. The van der Waals surface area contributed by atoms with Gasteiger partial charge in [0.1, 0.15) is 0 Å². The van der Waals surface area contributed by atoms with Crippen LogP contribution in [0.3, 0.4) is 0 Å². The number of primary amides is 36. The SMILES string of the molecule is NC(N)=O.NC(N)=O.NC(N)=O.NC(N)=O.NC(N)=O.NC(N)=O.NC(N)=O.NC(N)=O.NC(N)=O.NC(N)=O.NC(N)=O.NC(N)=O.NC(N)=O.NC(N)=O.NC(N)=O.NC(N)=O.NC(N)=O.NC(N)=O.[Cl-].[Cl-].[Cl-].[Cl-].[Cl-].[Cl-].[Cl-].[Cl-].[Cl-].[Ga+3].[Ga+3].[Ga+3]. The number of carbonyl (C=O) groups excluding carboxylic acids is 18. The van der Waals surface area contributed by atoms with Crippen LogP contribution in [0.1, 0.15) is 0 Å². The van der Waals surface area contributed by atoms with Crippen molar-refractivity contribution in [3.8, 4) is 0 Å². The van der Waals surface area contributed by atoms with Crippen molar-refractivity contribution in [2.24, 2.45) is 206 Å². The van der Waals surface area contributed by atoms with Crippen LogP contribution in [0.15, 0.2) is 0 Å². The van der Waals surface area contributed by atoms with Crippen molar-refractivity contribution in [2.45, 2.75) is 0 Å². The standard InChI is InChI=1S/18CH4N2O.9ClH.3Ga/c18*2-1(3)4;;;;;;;;;;;;/h18*(H4,2,3,4);9*1H;;;/q;;;;;;;;;;;;;;;;;;;;;;;;;;;3*+3/p-9. The van der Waals surface area contributed by atoms with E-state index in [1.54, 1.807) is 0 Å². The van der Waals surface area contributed by atoms with Crippen LogP contribution in [-0.2, 0) is 0 Å². The van der Waals surface area contributed by atoms with Gasteiger partial charge in [0.2, 0.25) is 0 Å². The molecule has 0 rings (SSSR count). The summed E-state index contributed by atoms with van der Waals surface area (Å²) in [6.07, 6.45) is 0. The first-order chi connectivity index (χ1) is 31.2. The number of hydrogen-bond donors (Lipinski definition) is 36. The average molecular weight is 1610 g/mol. The van der Waals surface area contributed by atoms with Gasteiger partial charge in [-0.3, -0.25) is 0 Å². The molecule has 0 saturated heterocycles. The van der Waals surface area contributed by atoms with E-state index in [4.69, 9.17) is 86.3 Å². The summed E-state index contributed by atoms with van der Waals surface area (Å²) in [5.74, 6) is 0. The third-order valence-electron chi connectivity index (χ3n) is 0. The summed E-state index contributed by atoms with van der Waals surface area (Å²) in [5, 5.41) is 0. The maximum absolute atomic E-state index is 9.00. The average Bonchev–Trinajstić information content (AvgIpc) is 2.91. The van der Waals surface area contributed by atoms with Gasteiger partial charge >= 0.3 is 168 Å². The van der Waals surface area contributed by atoms with Crippen LogP contribution in [0.5, 0.6) is 0 Å². The zero-order chi connectivity index (χ0) is 64.4. The Kier molecular flexibility index (Phi) is 469. The second-order valence-electron chi connectivity index (χ2n) is 7.24. The van der Waals surface area contributed by atoms with Crippen molar-refractivity contribution in [1.29, 1.82) is 0 Å². The second kappa shape index (κ2) is 194. The van der Waals surface area contributed by atoms with Gasteiger partial charge in [-0.1, -0.05) is 0 Å². The third kappa shape index (κ3) is 5170. The van der Waals surface area contributed by atoms with E-state index in [0.29, 0.717) is 0 Å². The van der Waals surface area contributed by atoms with Crippen molar-refractivity contribution >= 4 is 168 Å². The third-order valence-corrected chi connectivity index (χ3v) is 0. The molecule has 0 aromatic rings. The molecule has 54 nitrogen and oxygen atoms in total. The molecule has 0 aliphatic heterocycles. The van der Waals surface area contributed by atoms with Crippen LogP contribution in [0, 0.1) is 0 Å². The van der Waals surface area contributed by atoms with Gasteiger partial charge < -0.3 is 318 Å². The minimum atomic E-state index is -0.833. The summed E-state index contributed by atoms with van der Waals surface area (Å²) in [6, 6.07) is -15.0. The number of rotatable bonds is 0. The van der Waals surface area contributed by atoms with Gasteiger partial charge in [0.25, 0.3) is 0 Å². The van der Waals surface area contributed by atoms with Crippen molar-refractivity contribution in [2.75, 3.05) is 0 Å². The fraction of sp³-hybridized carbons (Fsp3) is 0. The Balaban J connectivity index is -0.0000000130. The van der Waals surface area contributed by atoms with Crippen molar-refractivity contribution < 1.29 is 198 Å². The van der Waals surface area contributed by atoms with E-state index in [2.05, 4.69) is 206 Å². The number of halogens is 9. The molecule has 0 saturated carbocycles. The molecule has 0 bridgehead atoms. The van der Waals surface area contributed by atoms with Crippen molar-refractivity contribution in [3.63, 3.8) is 0 Å². The fourth-order valence-corrected chi connectivity index (χ4v) is 0. The first kappa shape index (κ1) is 203. The van der Waals surface area contributed by atoms with E-state index in [-0.39, 0.29) is 171 Å². The largest absolute Gasteiger partial charge is 3.00 e. The van der Waals surface area contributed by atoms with Gasteiger partial charge in [0, 0.05) is 0 Å². The Bertz CT molecular complexity index is 1030. The van der Waals surface area contributed by atoms with Gasteiger partial charge in [-0.25, -0.2) is 86.3 Å². The van der Waals surface area contributed by atoms with Crippen molar-refractivity contribution in [3.05, 3.63) is 0 Å². The van der Waals surface area contributed by atoms with E-state index < -0.39 is 109 Å². The van der Waals surface area contributed by atoms with E-state index in [1.165, 1.54) is 0 Å². The number of nitrogens with two attached hydrogens (primary N) is 36. The molecule has 36 amide bonds. The molecule has 504 valence electrons. The van der Waals surface area contributed by atoms with Gasteiger partial charge in [0.05, 0.1) is 0 Å². The smallest absolute Gasteiger partial charge is 1.00 e. The first-order valence-corrected chi connectivity index (χ1v) is 14.1. The van der Waals surface area contributed by atoms with Crippen LogP contribution in [0.4, 0.5) is 86.3 Å². The van der Waals surface area contributed by atoms with Crippen LogP contribution >= 0.6 is 0 Å². The molecule has 66 heteroatoms. The minimum absolute atomic E-state index is 0. The number of hydrogen-bond acceptors (Lipinski definition) is 18. The van der Waals surface area contributed by atoms with E-state index in [1.807, 2.05) is 0 Å². The van der Waals surface area contributed by atoms with E-state index in [0.717, 1.165) is 0 Å². The second-order valence-corrected chi connectivity index (χ2v) is 7.24. The van der Waals surface area contributed by atoms with Crippen molar-refractivity contribution in [1.82, 2.24) is 0 Å². The topological polar surface area (TPSA) is 1240 Å². The number of urea groups is 18. The summed E-state index contributed by atoms with van der Waals surface area (Å²) < 4.78 is 0. The molecule has 0 spiro atoms. The number of amides is 36. The Morgan fingerprint density at radius 2 is 0.0952 bits per heavy atom. The van der Waals surface area contributed by atoms with Crippen LogP contribution in [0.2, 0.25) is 0 Å². The Labute approximate surface area is 568 Å². The molecule has 0 atom stereocenters. The Morgan fingerprint density at radius 3 is 0.0952 bits per heavy atom. The Hall–Kier alpha value is -8.62. The Morgan fingerprint density at radius 1 is 0.0952 bits per heavy atom. The molecule has 0 fully saturated rings. The molecule has 0 aliphatic rings. The van der Waals surface area contributed by atoms with Gasteiger partial charge in [0.15, 0.2) is 0 Å².